The normalized spacial score (nSPS) is 13.8. The smallest absolute Gasteiger partial charge is 0.310 e. The fourth-order valence-corrected chi connectivity index (χ4v) is 6.72. The standard InChI is InChI=1S/C39H34N2O4/c1-28-26-38(2,3)40(37(42)27-45-36-22-14-13-21-35(36)41(43)44)34-24-23-32(25-33(28)34)39(29-15-7-4-8-16-29,30-17-9-5-10-18-30)31-19-11-6-12-20-31/h4-26H,27H2,1-3H3. The predicted octanol–water partition coefficient (Wildman–Crippen LogP) is 8.59. The maximum absolute atomic E-state index is 13.9. The largest absolute Gasteiger partial charge is 0.477 e. The van der Waals surface area contributed by atoms with Crippen molar-refractivity contribution in [2.75, 3.05) is 11.5 Å². The first-order valence-corrected chi connectivity index (χ1v) is 14.9. The van der Waals surface area contributed by atoms with Crippen molar-refractivity contribution in [3.05, 3.63) is 177 Å². The van der Waals surface area contributed by atoms with Crippen molar-refractivity contribution >= 4 is 22.9 Å². The molecule has 0 fully saturated rings. The molecular formula is C39H34N2O4. The molecule has 1 aliphatic rings. The molecule has 0 unspecified atom stereocenters. The van der Waals surface area contributed by atoms with Gasteiger partial charge in [-0.05, 0) is 66.8 Å². The zero-order valence-electron chi connectivity index (χ0n) is 25.5. The molecule has 6 nitrogen and oxygen atoms in total. The quantitative estimate of drug-likeness (QED) is 0.102. The van der Waals surface area contributed by atoms with E-state index < -0.39 is 15.9 Å². The molecule has 0 aromatic heterocycles. The highest BCUT2D eigenvalue weighted by molar-refractivity contribution is 6.01. The number of anilines is 1. The molecule has 6 rings (SSSR count). The lowest BCUT2D eigenvalue weighted by Gasteiger charge is -2.43. The fourth-order valence-electron chi connectivity index (χ4n) is 6.72. The molecule has 0 aliphatic carbocycles. The lowest BCUT2D eigenvalue weighted by molar-refractivity contribution is -0.385. The summed E-state index contributed by atoms with van der Waals surface area (Å²) in [6, 6.07) is 43.9. The van der Waals surface area contributed by atoms with Gasteiger partial charge < -0.3 is 4.74 Å². The third kappa shape index (κ3) is 5.29. The van der Waals surface area contributed by atoms with Crippen LogP contribution in [0.4, 0.5) is 11.4 Å². The Morgan fingerprint density at radius 1 is 0.756 bits per heavy atom. The van der Waals surface area contributed by atoms with E-state index in [0.717, 1.165) is 39.1 Å². The van der Waals surface area contributed by atoms with E-state index in [0.29, 0.717) is 0 Å². The summed E-state index contributed by atoms with van der Waals surface area (Å²) in [5.74, 6) is -0.234. The first-order valence-electron chi connectivity index (χ1n) is 14.9. The van der Waals surface area contributed by atoms with Gasteiger partial charge in [0.1, 0.15) is 0 Å². The van der Waals surface area contributed by atoms with Crippen molar-refractivity contribution in [3.63, 3.8) is 0 Å². The van der Waals surface area contributed by atoms with Gasteiger partial charge in [0.15, 0.2) is 12.4 Å². The van der Waals surface area contributed by atoms with Crippen LogP contribution in [0.3, 0.4) is 0 Å². The van der Waals surface area contributed by atoms with Crippen molar-refractivity contribution in [1.29, 1.82) is 0 Å². The highest BCUT2D eigenvalue weighted by Gasteiger charge is 2.41. The van der Waals surface area contributed by atoms with Crippen LogP contribution in [-0.4, -0.2) is 23.0 Å². The third-order valence-electron chi connectivity index (χ3n) is 8.52. The van der Waals surface area contributed by atoms with Crippen molar-refractivity contribution < 1.29 is 14.5 Å². The number of nitro benzene ring substituents is 1. The minimum Gasteiger partial charge on any atom is -0.477 e. The first-order chi connectivity index (χ1) is 21.7. The molecule has 5 aromatic rings. The monoisotopic (exact) mass is 594 g/mol. The van der Waals surface area contributed by atoms with Crippen molar-refractivity contribution in [3.8, 4) is 5.75 Å². The van der Waals surface area contributed by atoms with Crippen LogP contribution in [0, 0.1) is 10.1 Å². The maximum Gasteiger partial charge on any atom is 0.310 e. The number of hydrogen-bond donors (Lipinski definition) is 0. The molecule has 0 spiro atoms. The summed E-state index contributed by atoms with van der Waals surface area (Å²) in [4.78, 5) is 26.6. The van der Waals surface area contributed by atoms with E-state index in [9.17, 15) is 14.9 Å². The number of rotatable bonds is 8. The second kappa shape index (κ2) is 11.9. The number of carbonyl (C=O) groups is 1. The summed E-state index contributed by atoms with van der Waals surface area (Å²) in [5.41, 5.74) is 5.77. The van der Waals surface area contributed by atoms with Crippen LogP contribution in [0.5, 0.6) is 5.75 Å². The Morgan fingerprint density at radius 3 is 1.80 bits per heavy atom. The van der Waals surface area contributed by atoms with E-state index in [4.69, 9.17) is 4.74 Å². The molecule has 45 heavy (non-hydrogen) atoms. The highest BCUT2D eigenvalue weighted by Crippen LogP contribution is 2.48. The van der Waals surface area contributed by atoms with Gasteiger partial charge in [-0.3, -0.25) is 19.8 Å². The number of nitrogens with zero attached hydrogens (tertiary/aromatic N) is 2. The Hall–Kier alpha value is -5.49. The van der Waals surface area contributed by atoms with Crippen LogP contribution in [0.15, 0.2) is 140 Å². The molecule has 0 atom stereocenters. The van der Waals surface area contributed by atoms with Crippen LogP contribution < -0.4 is 9.64 Å². The van der Waals surface area contributed by atoms with Crippen LogP contribution in [0.1, 0.15) is 48.6 Å². The fraction of sp³-hybridized carbons (Fsp3) is 0.154. The SMILES string of the molecule is CC1=CC(C)(C)N(C(=O)COc2ccccc2[N+](=O)[O-])c2ccc(C(c3ccccc3)(c3ccccc3)c3ccccc3)cc21. The topological polar surface area (TPSA) is 72.7 Å². The molecule has 0 saturated heterocycles. The first kappa shape index (κ1) is 29.6. The number of benzene rings is 5. The summed E-state index contributed by atoms with van der Waals surface area (Å²) < 4.78 is 5.75. The van der Waals surface area contributed by atoms with Gasteiger partial charge in [-0.15, -0.1) is 0 Å². The van der Waals surface area contributed by atoms with E-state index in [1.807, 2.05) is 38.1 Å². The molecular weight excluding hydrogens is 560 g/mol. The average molecular weight is 595 g/mol. The molecule has 0 N–H and O–H groups in total. The lowest BCUT2D eigenvalue weighted by Crippen LogP contribution is -2.50. The van der Waals surface area contributed by atoms with Crippen LogP contribution in [0.25, 0.3) is 5.57 Å². The van der Waals surface area contributed by atoms with E-state index >= 15 is 0 Å². The van der Waals surface area contributed by atoms with Crippen molar-refractivity contribution in [2.24, 2.45) is 0 Å². The Labute approximate surface area is 263 Å². The zero-order chi connectivity index (χ0) is 31.6. The summed E-state index contributed by atoms with van der Waals surface area (Å²) in [6.45, 7) is 5.70. The minimum atomic E-state index is -0.656. The molecule has 1 aliphatic heterocycles. The number of allylic oxidation sites excluding steroid dienone is 1. The van der Waals surface area contributed by atoms with Gasteiger partial charge >= 0.3 is 5.69 Å². The zero-order valence-corrected chi connectivity index (χ0v) is 25.5. The predicted molar refractivity (Wildman–Crippen MR) is 179 cm³/mol. The molecule has 1 amide bonds. The van der Waals surface area contributed by atoms with E-state index in [1.165, 1.54) is 12.1 Å². The Morgan fingerprint density at radius 2 is 1.27 bits per heavy atom. The Bertz CT molecular complexity index is 1790. The molecule has 6 heteroatoms. The summed E-state index contributed by atoms with van der Waals surface area (Å²) in [7, 11) is 0. The van der Waals surface area contributed by atoms with Gasteiger partial charge in [-0.2, -0.15) is 0 Å². The van der Waals surface area contributed by atoms with Crippen molar-refractivity contribution in [1.82, 2.24) is 0 Å². The maximum atomic E-state index is 13.9. The number of para-hydroxylation sites is 2. The molecule has 0 saturated carbocycles. The van der Waals surface area contributed by atoms with Gasteiger partial charge in [0.2, 0.25) is 0 Å². The number of fused-ring (bicyclic) bond motifs is 1. The van der Waals surface area contributed by atoms with Gasteiger partial charge in [0.25, 0.3) is 5.91 Å². The Kier molecular flexibility index (Phi) is 7.81. The van der Waals surface area contributed by atoms with Crippen molar-refractivity contribution in [2.45, 2.75) is 31.7 Å². The van der Waals surface area contributed by atoms with Crippen LogP contribution >= 0.6 is 0 Å². The molecule has 224 valence electrons. The third-order valence-corrected chi connectivity index (χ3v) is 8.52. The lowest BCUT2D eigenvalue weighted by atomic mass is 9.64. The number of nitro groups is 1. The summed E-state index contributed by atoms with van der Waals surface area (Å²) >= 11 is 0. The van der Waals surface area contributed by atoms with E-state index in [-0.39, 0.29) is 24.0 Å². The summed E-state index contributed by atoms with van der Waals surface area (Å²) in [5, 5.41) is 11.5. The summed E-state index contributed by atoms with van der Waals surface area (Å²) in [6.07, 6.45) is 2.09. The van der Waals surface area contributed by atoms with E-state index in [1.54, 1.807) is 17.0 Å². The van der Waals surface area contributed by atoms with Crippen LogP contribution in [-0.2, 0) is 10.2 Å². The Balaban J connectivity index is 1.49. The number of carbonyl (C=O) groups excluding carboxylic acids is 1. The van der Waals surface area contributed by atoms with Gasteiger partial charge in [0.05, 0.1) is 21.6 Å². The minimum absolute atomic E-state index is 0.0614. The highest BCUT2D eigenvalue weighted by atomic mass is 16.6. The molecule has 0 radical (unpaired) electrons. The van der Waals surface area contributed by atoms with Gasteiger partial charge in [-0.25, -0.2) is 0 Å². The molecule has 1 heterocycles. The van der Waals surface area contributed by atoms with Crippen LogP contribution in [0.2, 0.25) is 0 Å². The van der Waals surface area contributed by atoms with Gasteiger partial charge in [0, 0.05) is 11.6 Å². The molecule has 0 bridgehead atoms. The number of ether oxygens (including phenoxy) is 1. The second-order valence-electron chi connectivity index (χ2n) is 11.8. The average Bonchev–Trinajstić information content (AvgIpc) is 3.05. The second-order valence-corrected chi connectivity index (χ2v) is 11.8. The van der Waals surface area contributed by atoms with E-state index in [2.05, 4.69) is 97.9 Å². The van der Waals surface area contributed by atoms with Gasteiger partial charge in [-0.1, -0.05) is 115 Å². The number of hydrogen-bond acceptors (Lipinski definition) is 4. The number of amides is 1. The molecule has 5 aromatic carbocycles.